The summed E-state index contributed by atoms with van der Waals surface area (Å²) >= 11 is 4.96. The average molecular weight is 351 g/mol. The van der Waals surface area contributed by atoms with Crippen LogP contribution >= 0.6 is 11.6 Å². The van der Waals surface area contributed by atoms with Gasteiger partial charge in [0, 0.05) is 43.8 Å². The van der Waals surface area contributed by atoms with E-state index in [2.05, 4.69) is 9.64 Å². The highest BCUT2D eigenvalue weighted by molar-refractivity contribution is 6.61. The first-order chi connectivity index (χ1) is 10.8. The third kappa shape index (κ3) is 5.09. The highest BCUT2D eigenvalue weighted by atomic mass is 35.5. The molecule has 8 heteroatoms. The van der Waals surface area contributed by atoms with E-state index < -0.39 is 24.3 Å². The zero-order valence-electron chi connectivity index (χ0n) is 12.6. The van der Waals surface area contributed by atoms with Crippen molar-refractivity contribution in [2.75, 3.05) is 33.2 Å². The molecule has 0 amide bonds. The molecule has 1 fully saturated rings. The van der Waals surface area contributed by atoms with E-state index in [1.54, 1.807) is 4.90 Å². The summed E-state index contributed by atoms with van der Waals surface area (Å²) in [5, 5.41) is 0. The van der Waals surface area contributed by atoms with E-state index in [9.17, 15) is 18.0 Å². The predicted molar refractivity (Wildman–Crippen MR) is 80.4 cm³/mol. The number of hydrogen-bond donors (Lipinski definition) is 0. The van der Waals surface area contributed by atoms with Crippen LogP contribution in [0, 0.1) is 0 Å². The van der Waals surface area contributed by atoms with Crippen molar-refractivity contribution < 1.29 is 22.7 Å². The lowest BCUT2D eigenvalue weighted by molar-refractivity contribution is -0.206. The Morgan fingerprint density at radius 1 is 1.35 bits per heavy atom. The number of likely N-dealkylation sites (N-methyl/N-ethyl adjacent to an activating group) is 1. The van der Waals surface area contributed by atoms with Crippen LogP contribution in [0.25, 0.3) is 0 Å². The first-order valence-electron chi connectivity index (χ1n) is 7.17. The third-order valence-electron chi connectivity index (χ3n) is 3.94. The van der Waals surface area contributed by atoms with Gasteiger partial charge in [-0.2, -0.15) is 13.2 Å². The summed E-state index contributed by atoms with van der Waals surface area (Å²) in [5.41, 5.74) is -0.404. The van der Waals surface area contributed by atoms with E-state index in [4.69, 9.17) is 11.6 Å². The van der Waals surface area contributed by atoms with Crippen LogP contribution in [-0.4, -0.2) is 60.7 Å². The SMILES string of the molecule is CN1CCN(CC(OC(=O)Cl)C(F)(F)F)CC1c1ccccc1. The van der Waals surface area contributed by atoms with E-state index in [0.717, 1.165) is 5.56 Å². The minimum Gasteiger partial charge on any atom is -0.439 e. The number of halogens is 4. The number of carbonyl (C=O) groups is 1. The number of piperazine rings is 1. The highest BCUT2D eigenvalue weighted by Gasteiger charge is 2.44. The quantitative estimate of drug-likeness (QED) is 0.780. The standard InChI is InChI=1S/C15H18ClF3N2O2/c1-20-7-8-21(9-12(20)11-5-3-2-4-6-11)10-13(15(17,18)19)23-14(16)22/h2-6,12-13H,7-10H2,1H3. The molecule has 23 heavy (non-hydrogen) atoms. The molecule has 0 aromatic heterocycles. The van der Waals surface area contributed by atoms with Crippen molar-refractivity contribution in [3.05, 3.63) is 35.9 Å². The normalized spacial score (nSPS) is 21.9. The Balaban J connectivity index is 2.06. The highest BCUT2D eigenvalue weighted by Crippen LogP contribution is 2.28. The molecule has 0 aliphatic carbocycles. The topological polar surface area (TPSA) is 32.8 Å². The molecule has 1 aromatic carbocycles. The van der Waals surface area contributed by atoms with E-state index in [1.165, 1.54) is 0 Å². The maximum Gasteiger partial charge on any atom is 0.426 e. The van der Waals surface area contributed by atoms with Gasteiger partial charge in [0.1, 0.15) is 0 Å². The molecule has 1 heterocycles. The minimum absolute atomic E-state index is 0.00876. The molecule has 1 aliphatic heterocycles. The summed E-state index contributed by atoms with van der Waals surface area (Å²) in [6.45, 7) is 1.09. The van der Waals surface area contributed by atoms with E-state index in [1.807, 2.05) is 37.4 Å². The molecule has 0 bridgehead atoms. The van der Waals surface area contributed by atoms with Gasteiger partial charge in [-0.25, -0.2) is 4.79 Å². The number of hydrogen-bond acceptors (Lipinski definition) is 4. The molecular weight excluding hydrogens is 333 g/mol. The summed E-state index contributed by atoms with van der Waals surface area (Å²) in [4.78, 5) is 14.4. The van der Waals surface area contributed by atoms with E-state index in [0.29, 0.717) is 19.6 Å². The van der Waals surface area contributed by atoms with E-state index >= 15 is 0 Å². The summed E-state index contributed by atoms with van der Waals surface area (Å²) in [7, 11) is 1.94. The first kappa shape index (κ1) is 18.0. The predicted octanol–water partition coefficient (Wildman–Crippen LogP) is 3.28. The molecular formula is C15H18ClF3N2O2. The van der Waals surface area contributed by atoms with Gasteiger partial charge in [-0.05, 0) is 12.6 Å². The second-order valence-corrected chi connectivity index (χ2v) is 5.86. The van der Waals surface area contributed by atoms with Crippen LogP contribution in [0.5, 0.6) is 0 Å². The van der Waals surface area contributed by atoms with Gasteiger partial charge in [-0.15, -0.1) is 0 Å². The molecule has 1 aromatic rings. The molecule has 128 valence electrons. The van der Waals surface area contributed by atoms with Crippen LogP contribution in [0.15, 0.2) is 30.3 Å². The van der Waals surface area contributed by atoms with Crippen molar-refractivity contribution in [1.29, 1.82) is 0 Å². The number of rotatable bonds is 4. The number of benzene rings is 1. The number of nitrogens with zero attached hydrogens (tertiary/aromatic N) is 2. The van der Waals surface area contributed by atoms with Crippen LogP contribution in [0.1, 0.15) is 11.6 Å². The maximum absolute atomic E-state index is 13.0. The lowest BCUT2D eigenvalue weighted by atomic mass is 10.0. The minimum atomic E-state index is -4.64. The molecule has 2 atom stereocenters. The molecule has 4 nitrogen and oxygen atoms in total. The fraction of sp³-hybridized carbons (Fsp3) is 0.533. The lowest BCUT2D eigenvalue weighted by Gasteiger charge is -2.40. The molecule has 0 radical (unpaired) electrons. The Bertz CT molecular complexity index is 527. The Morgan fingerprint density at radius 2 is 2.00 bits per heavy atom. The zero-order chi connectivity index (χ0) is 17.0. The Hall–Kier alpha value is -1.31. The van der Waals surface area contributed by atoms with Crippen LogP contribution in [0.2, 0.25) is 0 Å². The Morgan fingerprint density at radius 3 is 2.57 bits per heavy atom. The molecule has 2 rings (SSSR count). The van der Waals surface area contributed by atoms with Crippen LogP contribution in [0.3, 0.4) is 0 Å². The van der Waals surface area contributed by atoms with Crippen molar-refractivity contribution >= 4 is 17.0 Å². The van der Waals surface area contributed by atoms with Crippen molar-refractivity contribution in [1.82, 2.24) is 9.80 Å². The maximum atomic E-state index is 13.0. The average Bonchev–Trinajstić information content (AvgIpc) is 2.48. The van der Waals surface area contributed by atoms with Gasteiger partial charge in [0.05, 0.1) is 0 Å². The zero-order valence-corrected chi connectivity index (χ0v) is 13.3. The molecule has 2 unspecified atom stereocenters. The summed E-state index contributed by atoms with van der Waals surface area (Å²) in [6.07, 6.45) is -6.86. The molecule has 0 N–H and O–H groups in total. The largest absolute Gasteiger partial charge is 0.439 e. The Kier molecular flexibility index (Phi) is 5.89. The van der Waals surface area contributed by atoms with Crippen LogP contribution in [0.4, 0.5) is 18.0 Å². The first-order valence-corrected chi connectivity index (χ1v) is 7.55. The number of ether oxygens (including phenoxy) is 1. The molecule has 0 spiro atoms. The Labute approximate surface area is 137 Å². The third-order valence-corrected chi connectivity index (χ3v) is 4.03. The molecule has 0 saturated carbocycles. The van der Waals surface area contributed by atoms with Crippen molar-refractivity contribution in [3.63, 3.8) is 0 Å². The second-order valence-electron chi connectivity index (χ2n) is 5.55. The summed E-state index contributed by atoms with van der Waals surface area (Å²) in [6, 6.07) is 9.58. The van der Waals surface area contributed by atoms with Crippen LogP contribution in [-0.2, 0) is 4.74 Å². The van der Waals surface area contributed by atoms with Gasteiger partial charge in [0.15, 0.2) is 0 Å². The fourth-order valence-electron chi connectivity index (χ4n) is 2.69. The van der Waals surface area contributed by atoms with Gasteiger partial charge in [-0.3, -0.25) is 9.80 Å². The van der Waals surface area contributed by atoms with Crippen molar-refractivity contribution in [3.8, 4) is 0 Å². The number of carbonyl (C=O) groups excluding carboxylic acids is 1. The molecule has 1 saturated heterocycles. The van der Waals surface area contributed by atoms with Gasteiger partial charge in [0.2, 0.25) is 6.10 Å². The van der Waals surface area contributed by atoms with Gasteiger partial charge in [-0.1, -0.05) is 30.3 Å². The van der Waals surface area contributed by atoms with E-state index in [-0.39, 0.29) is 6.04 Å². The fourth-order valence-corrected chi connectivity index (χ4v) is 2.79. The van der Waals surface area contributed by atoms with Crippen molar-refractivity contribution in [2.24, 2.45) is 0 Å². The lowest BCUT2D eigenvalue weighted by Crippen LogP contribution is -2.51. The number of alkyl halides is 3. The van der Waals surface area contributed by atoms with Gasteiger partial charge >= 0.3 is 11.6 Å². The monoisotopic (exact) mass is 350 g/mol. The smallest absolute Gasteiger partial charge is 0.426 e. The second kappa shape index (κ2) is 7.51. The van der Waals surface area contributed by atoms with Crippen molar-refractivity contribution in [2.45, 2.75) is 18.3 Å². The van der Waals surface area contributed by atoms with Gasteiger partial charge in [0.25, 0.3) is 0 Å². The molecule has 1 aliphatic rings. The van der Waals surface area contributed by atoms with Crippen LogP contribution < -0.4 is 0 Å². The summed E-state index contributed by atoms with van der Waals surface area (Å²) in [5.74, 6) is 0. The summed E-state index contributed by atoms with van der Waals surface area (Å²) < 4.78 is 43.1. The van der Waals surface area contributed by atoms with Gasteiger partial charge < -0.3 is 4.74 Å².